The lowest BCUT2D eigenvalue weighted by Crippen LogP contribution is -2.36. The molecule has 2 saturated carbocycles. The first-order chi connectivity index (χ1) is 23.1. The van der Waals surface area contributed by atoms with Gasteiger partial charge in [-0.3, -0.25) is 0 Å². The van der Waals surface area contributed by atoms with Crippen LogP contribution in [-0.2, 0) is 9.47 Å². The van der Waals surface area contributed by atoms with Crippen molar-refractivity contribution >= 4 is 44.8 Å². The first kappa shape index (κ1) is 34.4. The SMILES string of the molecule is CC(C)[C@@H]1CC[C@@H](C)C[C@H]1OC(=O)Oc1ccc2ccccc2c1-c1c(SC(=O)O[C@@H]2C[C@H](C)CC[C@H]2C(C)C)ccc2ccccc12. The quantitative estimate of drug-likeness (QED) is 0.111. The minimum atomic E-state index is -0.684. The third kappa shape index (κ3) is 7.54. The van der Waals surface area contributed by atoms with Gasteiger partial charge in [0.1, 0.15) is 18.0 Å². The maximum atomic E-state index is 13.8. The highest BCUT2D eigenvalue weighted by Gasteiger charge is 2.35. The van der Waals surface area contributed by atoms with Crippen LogP contribution in [0.3, 0.4) is 0 Å². The predicted molar refractivity (Wildman–Crippen MR) is 197 cm³/mol. The molecule has 2 fully saturated rings. The summed E-state index contributed by atoms with van der Waals surface area (Å²) in [6.45, 7) is 13.3. The summed E-state index contributed by atoms with van der Waals surface area (Å²) in [6.07, 6.45) is 5.21. The van der Waals surface area contributed by atoms with E-state index in [1.165, 1.54) is 6.42 Å². The second-order valence-corrected chi connectivity index (χ2v) is 16.0. The highest BCUT2D eigenvalue weighted by atomic mass is 32.2. The molecule has 254 valence electrons. The van der Waals surface area contributed by atoms with Crippen LogP contribution in [0.5, 0.6) is 5.75 Å². The number of carbonyl (C=O) groups is 2. The molecule has 4 aromatic carbocycles. The second-order valence-electron chi connectivity index (χ2n) is 15.0. The van der Waals surface area contributed by atoms with Crippen LogP contribution in [-0.4, -0.2) is 23.7 Å². The van der Waals surface area contributed by atoms with Crippen molar-refractivity contribution in [3.8, 4) is 16.9 Å². The molecule has 48 heavy (non-hydrogen) atoms. The van der Waals surface area contributed by atoms with Gasteiger partial charge in [-0.05, 0) is 107 Å². The number of rotatable bonds is 7. The molecule has 5 nitrogen and oxygen atoms in total. The lowest BCUT2D eigenvalue weighted by atomic mass is 9.75. The monoisotopic (exact) mass is 666 g/mol. The van der Waals surface area contributed by atoms with E-state index in [1.54, 1.807) is 0 Å². The minimum Gasteiger partial charge on any atom is -0.454 e. The molecule has 6 atom stereocenters. The number of hydrogen-bond acceptors (Lipinski definition) is 6. The fraction of sp³-hybridized carbons (Fsp3) is 0.476. The summed E-state index contributed by atoms with van der Waals surface area (Å²) in [7, 11) is 0. The largest absolute Gasteiger partial charge is 0.514 e. The van der Waals surface area contributed by atoms with Gasteiger partial charge in [0.25, 0.3) is 0 Å². The molecule has 6 rings (SSSR count). The van der Waals surface area contributed by atoms with E-state index >= 15 is 0 Å². The zero-order valence-corrected chi connectivity index (χ0v) is 30.1. The average Bonchev–Trinajstić information content (AvgIpc) is 3.04. The molecular formula is C42H50O5S. The van der Waals surface area contributed by atoms with Gasteiger partial charge in [0.2, 0.25) is 0 Å². The summed E-state index contributed by atoms with van der Waals surface area (Å²) < 4.78 is 18.5. The predicted octanol–water partition coefficient (Wildman–Crippen LogP) is 12.3. The van der Waals surface area contributed by atoms with E-state index < -0.39 is 6.16 Å². The third-order valence-electron chi connectivity index (χ3n) is 10.8. The molecule has 0 aromatic heterocycles. The molecule has 0 spiro atoms. The Labute approximate surface area is 290 Å². The van der Waals surface area contributed by atoms with Crippen molar-refractivity contribution in [2.75, 3.05) is 0 Å². The molecule has 0 saturated heterocycles. The van der Waals surface area contributed by atoms with Crippen LogP contribution in [0.1, 0.15) is 80.1 Å². The van der Waals surface area contributed by atoms with E-state index in [1.807, 2.05) is 54.6 Å². The summed E-state index contributed by atoms with van der Waals surface area (Å²) in [6, 6.07) is 24.1. The Bertz CT molecular complexity index is 1630. The van der Waals surface area contributed by atoms with E-state index in [0.29, 0.717) is 41.3 Å². The van der Waals surface area contributed by atoms with Gasteiger partial charge in [-0.15, -0.1) is 0 Å². The first-order valence-corrected chi connectivity index (χ1v) is 18.7. The van der Waals surface area contributed by atoms with Crippen molar-refractivity contribution in [1.29, 1.82) is 0 Å². The van der Waals surface area contributed by atoms with Crippen molar-refractivity contribution in [3.63, 3.8) is 0 Å². The summed E-state index contributed by atoms with van der Waals surface area (Å²) >= 11 is 1.12. The van der Waals surface area contributed by atoms with Crippen LogP contribution in [0.2, 0.25) is 0 Å². The van der Waals surface area contributed by atoms with Gasteiger partial charge in [-0.2, -0.15) is 0 Å². The van der Waals surface area contributed by atoms with Gasteiger partial charge in [0, 0.05) is 16.0 Å². The van der Waals surface area contributed by atoms with Crippen LogP contribution < -0.4 is 4.74 Å². The molecule has 2 aliphatic carbocycles. The van der Waals surface area contributed by atoms with Gasteiger partial charge in [0.15, 0.2) is 0 Å². The molecule has 0 bridgehead atoms. The van der Waals surface area contributed by atoms with E-state index in [4.69, 9.17) is 14.2 Å². The van der Waals surface area contributed by atoms with Crippen molar-refractivity contribution in [2.24, 2.45) is 35.5 Å². The Morgan fingerprint density at radius 3 is 1.75 bits per heavy atom. The lowest BCUT2D eigenvalue weighted by molar-refractivity contribution is -0.0136. The summed E-state index contributed by atoms with van der Waals surface area (Å²) in [5.74, 6) is 2.95. The number of carbonyl (C=O) groups excluding carboxylic acids is 2. The highest BCUT2D eigenvalue weighted by molar-refractivity contribution is 8.13. The maximum absolute atomic E-state index is 13.8. The number of hydrogen-bond donors (Lipinski definition) is 0. The fourth-order valence-electron chi connectivity index (χ4n) is 8.16. The molecule has 0 amide bonds. The molecule has 2 aliphatic rings. The van der Waals surface area contributed by atoms with Crippen molar-refractivity contribution in [2.45, 2.75) is 97.2 Å². The molecule has 0 unspecified atom stereocenters. The van der Waals surface area contributed by atoms with Crippen LogP contribution in [0, 0.1) is 35.5 Å². The number of thioether (sulfide) groups is 1. The molecule has 4 aromatic rings. The summed E-state index contributed by atoms with van der Waals surface area (Å²) in [5.41, 5.74) is 1.61. The molecular weight excluding hydrogens is 617 g/mol. The second kappa shape index (κ2) is 14.9. The van der Waals surface area contributed by atoms with Gasteiger partial charge in [-0.25, -0.2) is 9.59 Å². The Balaban J connectivity index is 1.39. The number of ether oxygens (including phenoxy) is 3. The van der Waals surface area contributed by atoms with Crippen LogP contribution in [0.25, 0.3) is 32.7 Å². The van der Waals surface area contributed by atoms with Gasteiger partial charge in [0.05, 0.1) is 0 Å². The van der Waals surface area contributed by atoms with Crippen molar-refractivity contribution in [1.82, 2.24) is 0 Å². The Morgan fingerprint density at radius 1 is 0.646 bits per heavy atom. The fourth-order valence-corrected chi connectivity index (χ4v) is 8.97. The van der Waals surface area contributed by atoms with Crippen LogP contribution in [0.15, 0.2) is 77.7 Å². The van der Waals surface area contributed by atoms with Crippen LogP contribution >= 0.6 is 11.8 Å². The summed E-state index contributed by atoms with van der Waals surface area (Å²) in [4.78, 5) is 28.1. The van der Waals surface area contributed by atoms with Gasteiger partial charge >= 0.3 is 11.5 Å². The average molecular weight is 667 g/mol. The Morgan fingerprint density at radius 2 is 1.17 bits per heavy atom. The Kier molecular flexibility index (Phi) is 10.7. The summed E-state index contributed by atoms with van der Waals surface area (Å²) in [5, 5.41) is 3.64. The minimum absolute atomic E-state index is 0.0963. The molecule has 0 radical (unpaired) electrons. The first-order valence-electron chi connectivity index (χ1n) is 17.9. The Hall–Kier alpha value is -3.51. The molecule has 0 N–H and O–H groups in total. The highest BCUT2D eigenvalue weighted by Crippen LogP contribution is 2.47. The lowest BCUT2D eigenvalue weighted by Gasteiger charge is -2.36. The normalized spacial score (nSPS) is 24.6. The number of benzene rings is 4. The number of fused-ring (bicyclic) bond motifs is 2. The third-order valence-corrected chi connectivity index (χ3v) is 11.7. The smallest absolute Gasteiger partial charge is 0.454 e. The van der Waals surface area contributed by atoms with Crippen LogP contribution in [0.4, 0.5) is 9.59 Å². The molecule has 0 aliphatic heterocycles. The van der Waals surface area contributed by atoms with E-state index in [0.717, 1.165) is 81.4 Å². The van der Waals surface area contributed by atoms with Gasteiger partial charge < -0.3 is 14.2 Å². The molecule has 6 heteroatoms. The maximum Gasteiger partial charge on any atom is 0.514 e. The van der Waals surface area contributed by atoms with E-state index in [9.17, 15) is 9.59 Å². The zero-order chi connectivity index (χ0) is 33.9. The zero-order valence-electron chi connectivity index (χ0n) is 29.2. The van der Waals surface area contributed by atoms with Crippen molar-refractivity contribution < 1.29 is 23.8 Å². The molecule has 0 heterocycles. The van der Waals surface area contributed by atoms with E-state index in [2.05, 4.69) is 59.7 Å². The standard InChI is InChI=1S/C42H50O5S/c1-25(2)31-19-15-27(5)23-36(31)46-41(43)45-35-21-17-29-11-7-9-13-33(29)39(35)40-34-14-10-8-12-30(34)18-22-38(40)48-42(44)47-37-24-28(6)16-20-32(37)26(3)4/h7-14,17-18,21-22,25-28,31-32,36-37H,15-16,19-20,23-24H2,1-6H3/t27-,28-,31+,32+,36-,37-/m1/s1. The topological polar surface area (TPSA) is 61.8 Å². The van der Waals surface area contributed by atoms with E-state index in [-0.39, 0.29) is 17.5 Å². The van der Waals surface area contributed by atoms with Crippen molar-refractivity contribution in [3.05, 3.63) is 72.8 Å². The van der Waals surface area contributed by atoms with Gasteiger partial charge in [-0.1, -0.05) is 115 Å².